The smallest absolute Gasteiger partial charge is 0.269 e. The van der Waals surface area contributed by atoms with Gasteiger partial charge in [0.05, 0.1) is 16.4 Å². The molecule has 1 aliphatic heterocycles. The van der Waals surface area contributed by atoms with Crippen LogP contribution in [0.15, 0.2) is 70.0 Å². The topological polar surface area (TPSA) is 136 Å². The number of hydrazone groups is 1. The van der Waals surface area contributed by atoms with Crippen LogP contribution in [0.1, 0.15) is 5.56 Å². The Morgan fingerprint density at radius 2 is 1.68 bits per heavy atom. The highest BCUT2D eigenvalue weighted by Gasteiger charge is 2.40. The fourth-order valence-electron chi connectivity index (χ4n) is 2.55. The van der Waals surface area contributed by atoms with E-state index < -0.39 is 34.9 Å². The Kier molecular flexibility index (Phi) is 5.29. The van der Waals surface area contributed by atoms with E-state index in [-0.39, 0.29) is 17.1 Å². The van der Waals surface area contributed by atoms with Gasteiger partial charge in [-0.15, -0.1) is 0 Å². The van der Waals surface area contributed by atoms with Gasteiger partial charge in [0.15, 0.2) is 14.9 Å². The molecule has 1 unspecified atom stereocenters. The Labute approximate surface area is 161 Å². The molecule has 0 saturated carbocycles. The summed E-state index contributed by atoms with van der Waals surface area (Å²) in [7, 11) is -8.08. The highest BCUT2D eigenvalue weighted by Crippen LogP contribution is 2.22. The third kappa shape index (κ3) is 3.94. The Morgan fingerprint density at radius 1 is 1.04 bits per heavy atom. The van der Waals surface area contributed by atoms with E-state index in [9.17, 15) is 26.9 Å². The molecule has 2 aromatic rings. The maximum atomic E-state index is 12.7. The molecule has 2 aromatic carbocycles. The highest BCUT2D eigenvalue weighted by molar-refractivity contribution is 8.09. The van der Waals surface area contributed by atoms with Crippen molar-refractivity contribution in [3.05, 3.63) is 75.7 Å². The quantitative estimate of drug-likeness (QED) is 0.573. The molecule has 0 spiro atoms. The van der Waals surface area contributed by atoms with Crippen LogP contribution in [0.4, 0.5) is 5.69 Å². The molecule has 11 heteroatoms. The first-order valence-electron chi connectivity index (χ1n) is 7.99. The van der Waals surface area contributed by atoms with Gasteiger partial charge in [0, 0.05) is 17.5 Å². The predicted octanol–water partition coefficient (Wildman–Crippen LogP) is 1.74. The summed E-state index contributed by atoms with van der Waals surface area (Å²) in [6, 6.07) is 12.7. The fourth-order valence-corrected chi connectivity index (χ4v) is 5.88. The third-order valence-electron chi connectivity index (χ3n) is 4.02. The average molecular weight is 421 g/mol. The largest absolute Gasteiger partial charge is 0.307 e. The molecule has 3 rings (SSSR count). The molecule has 1 aliphatic rings. The number of non-ortho nitro benzene ring substituents is 1. The lowest BCUT2D eigenvalue weighted by Gasteiger charge is -2.11. The van der Waals surface area contributed by atoms with Crippen LogP contribution in [-0.4, -0.2) is 38.6 Å². The minimum absolute atomic E-state index is 0.0444. The van der Waals surface area contributed by atoms with Gasteiger partial charge in [-0.3, -0.25) is 10.1 Å². The summed E-state index contributed by atoms with van der Waals surface area (Å²) in [5.74, 6) is 0. The summed E-state index contributed by atoms with van der Waals surface area (Å²) in [5, 5.41) is 13.4. The second kappa shape index (κ2) is 7.52. The summed E-state index contributed by atoms with van der Waals surface area (Å²) < 4.78 is 50.9. The van der Waals surface area contributed by atoms with Gasteiger partial charge in [-0.05, 0) is 35.9 Å². The zero-order chi connectivity index (χ0) is 20.4. The molecule has 0 bridgehead atoms. The number of hydrogen-bond donors (Lipinski definition) is 1. The monoisotopic (exact) mass is 421 g/mol. The van der Waals surface area contributed by atoms with Crippen molar-refractivity contribution < 1.29 is 21.8 Å². The standard InChI is InChI=1S/C17H15N3O6S2/c21-20(22)14-8-6-13(7-9-14)10-11-27(23,24)16-12-18-19-17(16)28(25,26)15-4-2-1-3-5-15/h1-11,16,18H,12H2/b11-10+. The van der Waals surface area contributed by atoms with Crippen molar-refractivity contribution in [3.8, 4) is 0 Å². The highest BCUT2D eigenvalue weighted by atomic mass is 32.2. The number of nitrogens with zero attached hydrogens (tertiary/aromatic N) is 2. The number of hydrogen-bond acceptors (Lipinski definition) is 8. The molecule has 0 fully saturated rings. The lowest BCUT2D eigenvalue weighted by atomic mass is 10.2. The first kappa shape index (κ1) is 19.7. The van der Waals surface area contributed by atoms with Gasteiger partial charge in [-0.25, -0.2) is 16.8 Å². The summed E-state index contributed by atoms with van der Waals surface area (Å²) >= 11 is 0. The van der Waals surface area contributed by atoms with E-state index in [1.165, 1.54) is 54.6 Å². The van der Waals surface area contributed by atoms with Crippen LogP contribution in [-0.2, 0) is 19.7 Å². The van der Waals surface area contributed by atoms with Gasteiger partial charge in [-0.2, -0.15) is 5.10 Å². The van der Waals surface area contributed by atoms with Gasteiger partial charge < -0.3 is 5.43 Å². The molecule has 28 heavy (non-hydrogen) atoms. The molecule has 0 aromatic heterocycles. The van der Waals surface area contributed by atoms with E-state index in [1.807, 2.05) is 0 Å². The Balaban J connectivity index is 1.87. The van der Waals surface area contributed by atoms with Crippen molar-refractivity contribution in [1.29, 1.82) is 0 Å². The summed E-state index contributed by atoms with van der Waals surface area (Å²) in [6.07, 6.45) is 1.25. The number of nitro benzene ring substituents is 1. The molecule has 0 saturated heterocycles. The van der Waals surface area contributed by atoms with E-state index in [0.29, 0.717) is 5.56 Å². The fraction of sp³-hybridized carbons (Fsp3) is 0.118. The first-order valence-corrected chi connectivity index (χ1v) is 11.1. The summed E-state index contributed by atoms with van der Waals surface area (Å²) in [4.78, 5) is 10.1. The summed E-state index contributed by atoms with van der Waals surface area (Å²) in [5.41, 5.74) is 2.74. The van der Waals surface area contributed by atoms with Crippen LogP contribution in [0.2, 0.25) is 0 Å². The molecule has 9 nitrogen and oxygen atoms in total. The lowest BCUT2D eigenvalue weighted by molar-refractivity contribution is -0.384. The average Bonchev–Trinajstić information content (AvgIpc) is 3.19. The van der Waals surface area contributed by atoms with Crippen LogP contribution in [0.25, 0.3) is 6.08 Å². The molecule has 0 aliphatic carbocycles. The Hall–Kier alpha value is -3.05. The summed E-state index contributed by atoms with van der Waals surface area (Å²) in [6.45, 7) is -0.172. The maximum Gasteiger partial charge on any atom is 0.269 e. The lowest BCUT2D eigenvalue weighted by Crippen LogP contribution is -2.34. The van der Waals surface area contributed by atoms with Gasteiger partial charge in [0.1, 0.15) is 5.25 Å². The second-order valence-electron chi connectivity index (χ2n) is 5.86. The van der Waals surface area contributed by atoms with E-state index in [4.69, 9.17) is 0 Å². The molecule has 1 atom stereocenters. The predicted molar refractivity (Wildman–Crippen MR) is 104 cm³/mol. The van der Waals surface area contributed by atoms with Gasteiger partial charge in [-0.1, -0.05) is 18.2 Å². The Morgan fingerprint density at radius 3 is 2.29 bits per heavy atom. The number of sulfone groups is 2. The molecule has 0 radical (unpaired) electrons. The van der Waals surface area contributed by atoms with Gasteiger partial charge in [0.25, 0.3) is 5.69 Å². The molecule has 1 N–H and O–H groups in total. The van der Waals surface area contributed by atoms with Gasteiger partial charge in [0.2, 0.25) is 9.84 Å². The zero-order valence-corrected chi connectivity index (χ0v) is 15.9. The van der Waals surface area contributed by atoms with Crippen molar-refractivity contribution in [3.63, 3.8) is 0 Å². The molecular formula is C17H15N3O6S2. The van der Waals surface area contributed by atoms with Gasteiger partial charge >= 0.3 is 0 Å². The van der Waals surface area contributed by atoms with Crippen LogP contribution < -0.4 is 5.43 Å². The number of rotatable bonds is 5. The zero-order valence-electron chi connectivity index (χ0n) is 14.3. The van der Waals surface area contributed by atoms with E-state index in [2.05, 4.69) is 10.5 Å². The van der Waals surface area contributed by atoms with E-state index in [1.54, 1.807) is 6.07 Å². The van der Waals surface area contributed by atoms with Crippen LogP contribution >= 0.6 is 0 Å². The minimum atomic E-state index is -4.07. The number of nitrogens with one attached hydrogen (secondary N) is 1. The first-order chi connectivity index (χ1) is 13.2. The second-order valence-corrected chi connectivity index (χ2v) is 9.77. The van der Waals surface area contributed by atoms with Crippen molar-refractivity contribution >= 4 is 36.5 Å². The number of benzene rings is 2. The SMILES string of the molecule is O=[N+]([O-])c1ccc(/C=C/S(=O)(=O)C2CNN=C2S(=O)(=O)c2ccccc2)cc1. The Bertz CT molecular complexity index is 1160. The normalized spacial score (nSPS) is 17.3. The van der Waals surface area contributed by atoms with Crippen LogP contribution in [0.3, 0.4) is 0 Å². The van der Waals surface area contributed by atoms with Crippen molar-refractivity contribution in [1.82, 2.24) is 5.43 Å². The molecule has 1 heterocycles. The van der Waals surface area contributed by atoms with Crippen molar-refractivity contribution in [2.75, 3.05) is 6.54 Å². The number of nitro groups is 1. The van der Waals surface area contributed by atoms with Crippen LogP contribution in [0, 0.1) is 10.1 Å². The maximum absolute atomic E-state index is 12.7. The molecule has 146 valence electrons. The van der Waals surface area contributed by atoms with E-state index in [0.717, 1.165) is 5.41 Å². The minimum Gasteiger partial charge on any atom is -0.307 e. The molecule has 0 amide bonds. The van der Waals surface area contributed by atoms with E-state index >= 15 is 0 Å². The van der Waals surface area contributed by atoms with Crippen molar-refractivity contribution in [2.24, 2.45) is 5.10 Å². The molecular weight excluding hydrogens is 406 g/mol. The third-order valence-corrected chi connectivity index (χ3v) is 7.69. The van der Waals surface area contributed by atoms with Crippen molar-refractivity contribution in [2.45, 2.75) is 10.1 Å². The van der Waals surface area contributed by atoms with Crippen LogP contribution in [0.5, 0.6) is 0 Å².